The number of carbonyl (C=O) groups excluding carboxylic acids is 1. The van der Waals surface area contributed by atoms with Crippen LogP contribution in [0.2, 0.25) is 0 Å². The fraction of sp³-hybridized carbons (Fsp3) is 0.290. The van der Waals surface area contributed by atoms with Gasteiger partial charge in [0.2, 0.25) is 5.91 Å². The topological polar surface area (TPSA) is 48.5 Å². The van der Waals surface area contributed by atoms with Crippen molar-refractivity contribution in [2.24, 2.45) is 0 Å². The predicted octanol–water partition coefficient (Wildman–Crippen LogP) is 5.07. The zero-order valence-corrected chi connectivity index (χ0v) is 20.6. The molecule has 5 nitrogen and oxygen atoms in total. The first kappa shape index (κ1) is 22.9. The lowest BCUT2D eigenvalue weighted by molar-refractivity contribution is -0.117. The van der Waals surface area contributed by atoms with Gasteiger partial charge in [0.05, 0.1) is 23.8 Å². The number of aromatic nitrogens is 1. The van der Waals surface area contributed by atoms with Crippen molar-refractivity contribution >= 4 is 22.5 Å². The molecule has 0 bridgehead atoms. The summed E-state index contributed by atoms with van der Waals surface area (Å²) < 4.78 is 0. The van der Waals surface area contributed by atoms with E-state index in [0.29, 0.717) is 6.54 Å². The summed E-state index contributed by atoms with van der Waals surface area (Å²) in [6.45, 7) is 4.02. The summed E-state index contributed by atoms with van der Waals surface area (Å²) in [5, 5.41) is 4.33. The summed E-state index contributed by atoms with van der Waals surface area (Å²) in [4.78, 5) is 22.9. The van der Waals surface area contributed by atoms with Crippen LogP contribution >= 0.6 is 0 Å². The molecular formula is C31H32N4O. The number of aryl methyl sites for hydroxylation is 1. The molecule has 0 atom stereocenters. The average Bonchev–Trinajstić information content (AvgIpc) is 3.39. The zero-order valence-electron chi connectivity index (χ0n) is 20.6. The van der Waals surface area contributed by atoms with Crippen LogP contribution < -0.4 is 5.32 Å². The Balaban J connectivity index is 1.14. The summed E-state index contributed by atoms with van der Waals surface area (Å²) in [7, 11) is 0. The van der Waals surface area contributed by atoms with Crippen LogP contribution in [-0.2, 0) is 17.6 Å². The summed E-state index contributed by atoms with van der Waals surface area (Å²) in [6, 6.07) is 29.9. The molecule has 1 aliphatic heterocycles. The number of nitrogens with zero attached hydrogens (tertiary/aromatic N) is 3. The van der Waals surface area contributed by atoms with Crippen LogP contribution in [0.4, 0.5) is 5.69 Å². The van der Waals surface area contributed by atoms with Gasteiger partial charge in [-0.15, -0.1) is 0 Å². The number of piperazine rings is 1. The highest BCUT2D eigenvalue weighted by atomic mass is 16.2. The van der Waals surface area contributed by atoms with E-state index in [1.54, 1.807) is 0 Å². The molecule has 2 heterocycles. The average molecular weight is 477 g/mol. The number of hydrogen-bond donors (Lipinski definition) is 1. The van der Waals surface area contributed by atoms with Crippen molar-refractivity contribution in [1.29, 1.82) is 0 Å². The fourth-order valence-corrected chi connectivity index (χ4v) is 5.80. The Hall–Kier alpha value is -3.54. The van der Waals surface area contributed by atoms with Gasteiger partial charge in [-0.05, 0) is 42.0 Å². The number of amides is 1. The second-order valence-electron chi connectivity index (χ2n) is 9.87. The Morgan fingerprint density at radius 3 is 2.14 bits per heavy atom. The third-order valence-electron chi connectivity index (χ3n) is 7.55. The largest absolute Gasteiger partial charge is 0.324 e. The van der Waals surface area contributed by atoms with Crippen molar-refractivity contribution in [2.75, 3.05) is 38.0 Å². The van der Waals surface area contributed by atoms with Crippen molar-refractivity contribution in [3.63, 3.8) is 0 Å². The van der Waals surface area contributed by atoms with E-state index in [1.807, 2.05) is 18.2 Å². The normalized spacial score (nSPS) is 16.4. The lowest BCUT2D eigenvalue weighted by Crippen LogP contribution is -2.49. The number of rotatable bonds is 6. The van der Waals surface area contributed by atoms with E-state index in [0.717, 1.165) is 67.7 Å². The minimum atomic E-state index is 0.0663. The number of hydrogen-bond acceptors (Lipinski definition) is 4. The molecule has 3 aromatic carbocycles. The highest BCUT2D eigenvalue weighted by Crippen LogP contribution is 2.34. The SMILES string of the molecule is O=C(CN1CCN(C(c2ccccc2)c2ccccc2)CC1)Nc1c2c(nc3ccccc13)CCC2. The molecule has 1 aromatic heterocycles. The monoisotopic (exact) mass is 476 g/mol. The van der Waals surface area contributed by atoms with E-state index in [1.165, 1.54) is 16.7 Å². The summed E-state index contributed by atoms with van der Waals surface area (Å²) in [6.07, 6.45) is 3.09. The molecule has 0 radical (unpaired) electrons. The van der Waals surface area contributed by atoms with Gasteiger partial charge in [-0.3, -0.25) is 19.6 Å². The van der Waals surface area contributed by atoms with E-state index in [9.17, 15) is 4.79 Å². The van der Waals surface area contributed by atoms with Crippen molar-refractivity contribution in [3.05, 3.63) is 107 Å². The molecule has 0 spiro atoms. The van der Waals surface area contributed by atoms with Gasteiger partial charge >= 0.3 is 0 Å². The Morgan fingerprint density at radius 1 is 0.806 bits per heavy atom. The Morgan fingerprint density at radius 2 is 1.44 bits per heavy atom. The van der Waals surface area contributed by atoms with E-state index in [4.69, 9.17) is 4.98 Å². The van der Waals surface area contributed by atoms with Crippen molar-refractivity contribution in [3.8, 4) is 0 Å². The van der Waals surface area contributed by atoms with Gasteiger partial charge in [-0.2, -0.15) is 0 Å². The third-order valence-corrected chi connectivity index (χ3v) is 7.55. The van der Waals surface area contributed by atoms with E-state index in [2.05, 4.69) is 81.8 Å². The second kappa shape index (κ2) is 10.2. The highest BCUT2D eigenvalue weighted by Gasteiger charge is 2.27. The first-order chi connectivity index (χ1) is 17.8. The summed E-state index contributed by atoms with van der Waals surface area (Å²) in [5.41, 5.74) is 6.94. The molecule has 1 aliphatic carbocycles. The number of nitrogens with one attached hydrogen (secondary N) is 1. The molecule has 0 unspecified atom stereocenters. The third kappa shape index (κ3) is 4.64. The molecule has 1 N–H and O–H groups in total. The summed E-state index contributed by atoms with van der Waals surface area (Å²) >= 11 is 0. The molecule has 1 saturated heterocycles. The van der Waals surface area contributed by atoms with E-state index in [-0.39, 0.29) is 11.9 Å². The van der Waals surface area contributed by atoms with Crippen molar-refractivity contribution in [1.82, 2.24) is 14.8 Å². The molecule has 182 valence electrons. The molecule has 6 rings (SSSR count). The van der Waals surface area contributed by atoms with Crippen LogP contribution in [0.15, 0.2) is 84.9 Å². The number of carbonyl (C=O) groups is 1. The first-order valence-electron chi connectivity index (χ1n) is 13.0. The van der Waals surface area contributed by atoms with Gasteiger partial charge in [0.25, 0.3) is 0 Å². The zero-order chi connectivity index (χ0) is 24.3. The maximum absolute atomic E-state index is 13.2. The fourth-order valence-electron chi connectivity index (χ4n) is 5.80. The minimum absolute atomic E-state index is 0.0663. The Labute approximate surface area is 212 Å². The molecule has 1 amide bonds. The van der Waals surface area contributed by atoms with Gasteiger partial charge in [0, 0.05) is 37.3 Å². The highest BCUT2D eigenvalue weighted by molar-refractivity contribution is 6.03. The van der Waals surface area contributed by atoms with Crippen LogP contribution in [-0.4, -0.2) is 53.4 Å². The summed E-state index contributed by atoms with van der Waals surface area (Å²) in [5.74, 6) is 0.0663. The van der Waals surface area contributed by atoms with Crippen molar-refractivity contribution < 1.29 is 4.79 Å². The molecule has 1 fully saturated rings. The number of anilines is 1. The molecule has 5 heteroatoms. The quantitative estimate of drug-likeness (QED) is 0.422. The number of fused-ring (bicyclic) bond motifs is 2. The van der Waals surface area contributed by atoms with Gasteiger partial charge in [-0.25, -0.2) is 0 Å². The molecule has 36 heavy (non-hydrogen) atoms. The number of benzene rings is 3. The Bertz CT molecular complexity index is 1310. The maximum Gasteiger partial charge on any atom is 0.238 e. The van der Waals surface area contributed by atoms with Gasteiger partial charge in [0.15, 0.2) is 0 Å². The standard InChI is InChI=1S/C31H32N4O/c36-29(33-30-25-14-7-8-16-27(25)32-28-17-9-15-26(28)30)22-34-18-20-35(21-19-34)31(23-10-3-1-4-11-23)24-12-5-2-6-13-24/h1-8,10-14,16,31H,9,15,17-22H2,(H,32,33,36). The van der Waals surface area contributed by atoms with Gasteiger partial charge in [0.1, 0.15) is 0 Å². The second-order valence-corrected chi connectivity index (χ2v) is 9.87. The predicted molar refractivity (Wildman–Crippen MR) is 145 cm³/mol. The van der Waals surface area contributed by atoms with E-state index < -0.39 is 0 Å². The maximum atomic E-state index is 13.2. The lowest BCUT2D eigenvalue weighted by Gasteiger charge is -2.39. The Kier molecular flexibility index (Phi) is 6.50. The van der Waals surface area contributed by atoms with Crippen LogP contribution in [0.1, 0.15) is 34.8 Å². The van der Waals surface area contributed by atoms with Crippen LogP contribution in [0.25, 0.3) is 10.9 Å². The van der Waals surface area contributed by atoms with Crippen LogP contribution in [0.5, 0.6) is 0 Å². The number of pyridine rings is 1. The van der Waals surface area contributed by atoms with E-state index >= 15 is 0 Å². The smallest absolute Gasteiger partial charge is 0.238 e. The number of para-hydroxylation sites is 1. The molecular weight excluding hydrogens is 444 g/mol. The molecule has 2 aliphatic rings. The van der Waals surface area contributed by atoms with Crippen LogP contribution in [0, 0.1) is 0 Å². The first-order valence-corrected chi connectivity index (χ1v) is 13.0. The minimum Gasteiger partial charge on any atom is -0.324 e. The molecule has 4 aromatic rings. The van der Waals surface area contributed by atoms with Crippen molar-refractivity contribution in [2.45, 2.75) is 25.3 Å². The van der Waals surface area contributed by atoms with Gasteiger partial charge in [-0.1, -0.05) is 78.9 Å². The van der Waals surface area contributed by atoms with Gasteiger partial charge < -0.3 is 5.32 Å². The van der Waals surface area contributed by atoms with Crippen LogP contribution in [0.3, 0.4) is 0 Å². The lowest BCUT2D eigenvalue weighted by atomic mass is 9.96. The molecule has 0 saturated carbocycles.